The smallest absolute Gasteiger partial charge is 0.233 e. The molecule has 27 heavy (non-hydrogen) atoms. The lowest BCUT2D eigenvalue weighted by atomic mass is 10.2. The Morgan fingerprint density at radius 3 is 2.93 bits per heavy atom. The maximum absolute atomic E-state index is 11.9. The third-order valence-corrected chi connectivity index (χ3v) is 4.76. The molecule has 7 nitrogen and oxygen atoms in total. The second-order valence-corrected chi connectivity index (χ2v) is 7.83. The Bertz CT molecular complexity index is 788. The molecule has 2 N–H and O–H groups in total. The van der Waals surface area contributed by atoms with Crippen LogP contribution in [0.5, 0.6) is 0 Å². The zero-order valence-electron chi connectivity index (χ0n) is 15.6. The van der Waals surface area contributed by atoms with Crippen LogP contribution in [0.15, 0.2) is 53.0 Å². The van der Waals surface area contributed by atoms with Crippen LogP contribution >= 0.6 is 0 Å². The van der Waals surface area contributed by atoms with E-state index in [1.165, 1.54) is 6.26 Å². The lowest BCUT2D eigenvalue weighted by molar-refractivity contribution is -0.118. The van der Waals surface area contributed by atoms with Gasteiger partial charge < -0.3 is 19.7 Å². The molecule has 0 aliphatic carbocycles. The Labute approximate surface area is 161 Å². The van der Waals surface area contributed by atoms with E-state index in [9.17, 15) is 14.1 Å². The number of hydrogen-bond acceptors (Lipinski definition) is 6. The number of pyridine rings is 1. The van der Waals surface area contributed by atoms with Crippen LogP contribution in [0, 0.1) is 0 Å². The fourth-order valence-electron chi connectivity index (χ4n) is 2.39. The molecular weight excluding hydrogens is 366 g/mol. The van der Waals surface area contributed by atoms with E-state index < -0.39 is 10.8 Å². The first-order valence-electron chi connectivity index (χ1n) is 8.53. The van der Waals surface area contributed by atoms with Crippen molar-refractivity contribution in [1.82, 2.24) is 15.2 Å². The number of nitrogens with one attached hydrogen (secondary N) is 1. The van der Waals surface area contributed by atoms with Crippen molar-refractivity contribution >= 4 is 16.7 Å². The molecule has 146 valence electrons. The van der Waals surface area contributed by atoms with E-state index in [1.54, 1.807) is 24.4 Å². The van der Waals surface area contributed by atoms with Crippen molar-refractivity contribution in [3.05, 3.63) is 65.6 Å². The van der Waals surface area contributed by atoms with Crippen molar-refractivity contribution in [3.63, 3.8) is 0 Å². The summed E-state index contributed by atoms with van der Waals surface area (Å²) in [4.78, 5) is 18.2. The molecule has 0 saturated carbocycles. The quantitative estimate of drug-likeness (QED) is 0.600. The van der Waals surface area contributed by atoms with Gasteiger partial charge in [0.1, 0.15) is 17.3 Å². The lowest BCUT2D eigenvalue weighted by Crippen LogP contribution is -2.30. The number of amides is 1. The second-order valence-electron chi connectivity index (χ2n) is 6.38. The minimum absolute atomic E-state index is 0.00578. The van der Waals surface area contributed by atoms with Crippen molar-refractivity contribution in [3.8, 4) is 0 Å². The normalized spacial score (nSPS) is 12.9. The van der Waals surface area contributed by atoms with Gasteiger partial charge in [-0.3, -0.25) is 14.0 Å². The third kappa shape index (κ3) is 8.19. The van der Waals surface area contributed by atoms with Crippen molar-refractivity contribution in [2.24, 2.45) is 0 Å². The highest BCUT2D eigenvalue weighted by atomic mass is 32.2. The maximum atomic E-state index is 11.9. The van der Waals surface area contributed by atoms with Gasteiger partial charge in [-0.2, -0.15) is 0 Å². The molecule has 0 fully saturated rings. The largest absolute Gasteiger partial charge is 0.511 e. The summed E-state index contributed by atoms with van der Waals surface area (Å²) >= 11 is 0. The first-order valence-corrected chi connectivity index (χ1v) is 10.0. The summed E-state index contributed by atoms with van der Waals surface area (Å²) in [6, 6.07) is 7.36. The van der Waals surface area contributed by atoms with Gasteiger partial charge in [-0.15, -0.1) is 0 Å². The Morgan fingerprint density at radius 2 is 2.22 bits per heavy atom. The average molecular weight is 391 g/mol. The summed E-state index contributed by atoms with van der Waals surface area (Å²) in [6.45, 7) is 0.810. The highest BCUT2D eigenvalue weighted by molar-refractivity contribution is 7.84. The van der Waals surface area contributed by atoms with Gasteiger partial charge in [-0.25, -0.2) is 0 Å². The van der Waals surface area contributed by atoms with Gasteiger partial charge in [0, 0.05) is 35.7 Å². The Hall–Kier alpha value is -2.45. The predicted octanol–water partition coefficient (Wildman–Crippen LogP) is 1.79. The first kappa shape index (κ1) is 20.9. The van der Waals surface area contributed by atoms with E-state index in [4.69, 9.17) is 4.42 Å². The van der Waals surface area contributed by atoms with Gasteiger partial charge in [0.15, 0.2) is 0 Å². The maximum Gasteiger partial charge on any atom is 0.233 e. The van der Waals surface area contributed by atoms with E-state index in [0.29, 0.717) is 12.2 Å². The highest BCUT2D eigenvalue weighted by Gasteiger charge is 2.10. The number of nitrogens with zero attached hydrogens (tertiary/aromatic N) is 2. The zero-order valence-corrected chi connectivity index (χ0v) is 16.4. The Kier molecular flexibility index (Phi) is 8.22. The average Bonchev–Trinajstić information content (AvgIpc) is 3.10. The van der Waals surface area contributed by atoms with Crippen molar-refractivity contribution in [1.29, 1.82) is 0 Å². The van der Waals surface area contributed by atoms with Crippen LogP contribution in [0.2, 0.25) is 0 Å². The van der Waals surface area contributed by atoms with Crippen LogP contribution in [0.3, 0.4) is 0 Å². The standard InChI is InChI=1S/C19H25N3O4S/c1-22(2)12-15-7-8-20-16(10-15)5-6-17(23)11-21-19(24)14-27(25)13-18-4-3-9-26-18/h3-4,6-10,23H,5,11-14H2,1-2H3,(H,21,24)/b17-6-. The summed E-state index contributed by atoms with van der Waals surface area (Å²) in [7, 11) is 2.64. The third-order valence-electron chi connectivity index (χ3n) is 3.57. The van der Waals surface area contributed by atoms with Gasteiger partial charge in [0.2, 0.25) is 5.91 Å². The first-order chi connectivity index (χ1) is 12.9. The molecule has 0 aromatic carbocycles. The van der Waals surface area contributed by atoms with E-state index in [1.807, 2.05) is 26.2 Å². The van der Waals surface area contributed by atoms with E-state index in [-0.39, 0.29) is 29.7 Å². The molecule has 0 radical (unpaired) electrons. The van der Waals surface area contributed by atoms with Crippen LogP contribution in [0.1, 0.15) is 17.0 Å². The summed E-state index contributed by atoms with van der Waals surface area (Å²) in [5.41, 5.74) is 1.98. The summed E-state index contributed by atoms with van der Waals surface area (Å²) in [5.74, 6) is 0.290. The van der Waals surface area contributed by atoms with Crippen molar-refractivity contribution < 1.29 is 18.5 Å². The number of rotatable bonds is 10. The molecule has 2 aromatic rings. The molecule has 2 rings (SSSR count). The highest BCUT2D eigenvalue weighted by Crippen LogP contribution is 2.06. The molecule has 1 amide bonds. The summed E-state index contributed by atoms with van der Waals surface area (Å²) in [5, 5.41) is 12.5. The van der Waals surface area contributed by atoms with Crippen LogP contribution in [-0.4, -0.2) is 51.5 Å². The van der Waals surface area contributed by atoms with E-state index >= 15 is 0 Å². The molecule has 8 heteroatoms. The monoisotopic (exact) mass is 391 g/mol. The molecule has 0 aliphatic heterocycles. The van der Waals surface area contributed by atoms with Crippen LogP contribution in [0.25, 0.3) is 0 Å². The number of aromatic nitrogens is 1. The van der Waals surface area contributed by atoms with Gasteiger partial charge in [0.05, 0.1) is 18.6 Å². The minimum atomic E-state index is -1.36. The molecule has 1 unspecified atom stereocenters. The van der Waals surface area contributed by atoms with Crippen LogP contribution in [-0.2, 0) is 34.3 Å². The fraction of sp³-hybridized carbons (Fsp3) is 0.368. The number of furan rings is 1. The van der Waals surface area contributed by atoms with Crippen LogP contribution < -0.4 is 5.32 Å². The summed E-state index contributed by atoms with van der Waals surface area (Å²) in [6.07, 6.45) is 5.32. The number of aliphatic hydroxyl groups excluding tert-OH is 1. The van der Waals surface area contributed by atoms with Crippen molar-refractivity contribution in [2.45, 2.75) is 18.7 Å². The number of carbonyl (C=O) groups is 1. The van der Waals surface area contributed by atoms with E-state index in [0.717, 1.165) is 17.8 Å². The van der Waals surface area contributed by atoms with Gasteiger partial charge in [0.25, 0.3) is 0 Å². The molecule has 2 aromatic heterocycles. The molecule has 0 spiro atoms. The van der Waals surface area contributed by atoms with E-state index in [2.05, 4.69) is 15.2 Å². The number of hydrogen-bond donors (Lipinski definition) is 2. The number of carbonyl (C=O) groups excluding carboxylic acids is 1. The molecule has 0 saturated heterocycles. The predicted molar refractivity (Wildman–Crippen MR) is 104 cm³/mol. The SMILES string of the molecule is CN(C)Cc1ccnc(C/C=C(\O)CNC(=O)CS(=O)Cc2ccco2)c1. The van der Waals surface area contributed by atoms with Gasteiger partial charge >= 0.3 is 0 Å². The second kappa shape index (κ2) is 10.6. The molecule has 0 aliphatic rings. The van der Waals surface area contributed by atoms with Gasteiger partial charge in [-0.05, 0) is 50.0 Å². The van der Waals surface area contributed by atoms with Gasteiger partial charge in [-0.1, -0.05) is 0 Å². The fourth-order valence-corrected chi connectivity index (χ4v) is 3.37. The zero-order chi connectivity index (χ0) is 19.6. The molecular formula is C19H25N3O4S. The topological polar surface area (TPSA) is 95.7 Å². The molecule has 2 heterocycles. The molecule has 1 atom stereocenters. The Morgan fingerprint density at radius 1 is 1.41 bits per heavy atom. The van der Waals surface area contributed by atoms with Crippen LogP contribution in [0.4, 0.5) is 0 Å². The minimum Gasteiger partial charge on any atom is -0.511 e. The summed E-state index contributed by atoms with van der Waals surface area (Å²) < 4.78 is 17.0. The van der Waals surface area contributed by atoms with Crippen molar-refractivity contribution in [2.75, 3.05) is 26.4 Å². The molecule has 0 bridgehead atoms. The number of aliphatic hydroxyl groups is 1. The number of allylic oxidation sites excluding steroid dienone is 1. The Balaban J connectivity index is 1.75. The lowest BCUT2D eigenvalue weighted by Gasteiger charge is -2.10.